The van der Waals surface area contributed by atoms with Crippen molar-refractivity contribution >= 4 is 23.4 Å². The van der Waals surface area contributed by atoms with Gasteiger partial charge in [-0.2, -0.15) is 0 Å². The van der Waals surface area contributed by atoms with Crippen molar-refractivity contribution in [3.05, 3.63) is 50.5 Å². The van der Waals surface area contributed by atoms with Gasteiger partial charge in [0.25, 0.3) is 5.70 Å². The van der Waals surface area contributed by atoms with Crippen molar-refractivity contribution in [3.63, 3.8) is 0 Å². The number of halogens is 1. The van der Waals surface area contributed by atoms with Gasteiger partial charge in [-0.05, 0) is 24.6 Å². The highest BCUT2D eigenvalue weighted by molar-refractivity contribution is 8.02. The minimum Gasteiger partial charge on any atom is -0.259 e. The van der Waals surface area contributed by atoms with Gasteiger partial charge in [-0.1, -0.05) is 36.4 Å². The lowest BCUT2D eigenvalue weighted by atomic mass is 10.3. The highest BCUT2D eigenvalue weighted by Crippen LogP contribution is 2.24. The first-order chi connectivity index (χ1) is 7.63. The van der Waals surface area contributed by atoms with Crippen molar-refractivity contribution in [2.75, 3.05) is 0 Å². The summed E-state index contributed by atoms with van der Waals surface area (Å²) in [6.45, 7) is 1.92. The van der Waals surface area contributed by atoms with Crippen molar-refractivity contribution in [2.24, 2.45) is 0 Å². The van der Waals surface area contributed by atoms with Crippen LogP contribution in [-0.4, -0.2) is 4.92 Å². The Bertz CT molecular complexity index is 407. The molecule has 0 saturated carbocycles. The van der Waals surface area contributed by atoms with Gasteiger partial charge >= 0.3 is 0 Å². The Kier molecular flexibility index (Phi) is 5.35. The predicted octanol–water partition coefficient (Wildman–Crippen LogP) is 4.35. The smallest absolute Gasteiger partial charge is 0.252 e. The summed E-state index contributed by atoms with van der Waals surface area (Å²) in [6, 6.07) is 7.25. The van der Waals surface area contributed by atoms with E-state index in [4.69, 9.17) is 11.6 Å². The molecule has 0 amide bonds. The lowest BCUT2D eigenvalue weighted by molar-refractivity contribution is -0.427. The van der Waals surface area contributed by atoms with E-state index >= 15 is 0 Å². The third-order valence-electron chi connectivity index (χ3n) is 1.87. The van der Waals surface area contributed by atoms with Gasteiger partial charge in [0.05, 0.1) is 4.92 Å². The molecule has 0 fully saturated rings. The van der Waals surface area contributed by atoms with Gasteiger partial charge in [-0.25, -0.2) is 0 Å². The van der Waals surface area contributed by atoms with E-state index in [1.165, 1.54) is 11.8 Å². The van der Waals surface area contributed by atoms with Crippen LogP contribution in [0.5, 0.6) is 0 Å². The zero-order chi connectivity index (χ0) is 12.0. The minimum atomic E-state index is -0.332. The molecular formula is C11H12ClNO2S. The Morgan fingerprint density at radius 2 is 2.38 bits per heavy atom. The second-order valence-corrected chi connectivity index (χ2v) is 4.57. The molecule has 0 aliphatic heterocycles. The number of benzene rings is 1. The van der Waals surface area contributed by atoms with Crippen molar-refractivity contribution < 1.29 is 4.92 Å². The van der Waals surface area contributed by atoms with Crippen LogP contribution in [0.15, 0.2) is 40.3 Å². The minimum absolute atomic E-state index is 0.243. The first-order valence-corrected chi connectivity index (χ1v) is 6.15. The van der Waals surface area contributed by atoms with E-state index in [2.05, 4.69) is 0 Å². The third-order valence-corrected chi connectivity index (χ3v) is 3.02. The fourth-order valence-electron chi connectivity index (χ4n) is 1.13. The quantitative estimate of drug-likeness (QED) is 0.447. The van der Waals surface area contributed by atoms with E-state index in [1.807, 2.05) is 19.1 Å². The Balaban J connectivity index is 2.73. The number of hydrogen-bond donors (Lipinski definition) is 0. The molecule has 0 aliphatic rings. The van der Waals surface area contributed by atoms with Crippen LogP contribution < -0.4 is 0 Å². The van der Waals surface area contributed by atoms with Crippen molar-refractivity contribution in [1.82, 2.24) is 0 Å². The zero-order valence-electron chi connectivity index (χ0n) is 8.85. The van der Waals surface area contributed by atoms with Gasteiger partial charge in [0, 0.05) is 21.7 Å². The highest BCUT2D eigenvalue weighted by atomic mass is 35.5. The molecule has 86 valence electrons. The molecule has 0 aliphatic carbocycles. The van der Waals surface area contributed by atoms with Crippen LogP contribution >= 0.6 is 23.4 Å². The van der Waals surface area contributed by atoms with Crippen LogP contribution in [0.2, 0.25) is 5.02 Å². The van der Waals surface area contributed by atoms with Crippen LogP contribution in [0, 0.1) is 10.1 Å². The summed E-state index contributed by atoms with van der Waals surface area (Å²) in [4.78, 5) is 11.2. The van der Waals surface area contributed by atoms with E-state index in [9.17, 15) is 10.1 Å². The number of nitro groups is 1. The van der Waals surface area contributed by atoms with Crippen LogP contribution in [0.4, 0.5) is 0 Å². The maximum atomic E-state index is 10.7. The number of nitrogens with zero attached hydrogens (tertiary/aromatic N) is 1. The average molecular weight is 258 g/mol. The highest BCUT2D eigenvalue weighted by Gasteiger charge is 2.08. The average Bonchev–Trinajstić information content (AvgIpc) is 2.24. The molecule has 16 heavy (non-hydrogen) atoms. The molecule has 0 N–H and O–H groups in total. The third kappa shape index (κ3) is 4.24. The molecule has 1 aromatic rings. The van der Waals surface area contributed by atoms with Crippen molar-refractivity contribution in [3.8, 4) is 0 Å². The summed E-state index contributed by atoms with van der Waals surface area (Å²) in [5.41, 5.74) is 0.243. The van der Waals surface area contributed by atoms with Crippen molar-refractivity contribution in [2.45, 2.75) is 24.7 Å². The number of hydrogen-bond acceptors (Lipinski definition) is 3. The van der Waals surface area contributed by atoms with E-state index in [0.717, 1.165) is 11.3 Å². The second-order valence-electron chi connectivity index (χ2n) is 3.19. The molecule has 5 heteroatoms. The Morgan fingerprint density at radius 1 is 1.62 bits per heavy atom. The molecule has 0 radical (unpaired) electrons. The molecule has 1 rings (SSSR count). The summed E-state index contributed by atoms with van der Waals surface area (Å²) in [5.74, 6) is 0. The van der Waals surface area contributed by atoms with Gasteiger partial charge in [-0.15, -0.1) is 0 Å². The number of allylic oxidation sites excluding steroid dienone is 1. The fraction of sp³-hybridized carbons (Fsp3) is 0.273. The molecule has 0 atom stereocenters. The maximum Gasteiger partial charge on any atom is 0.252 e. The summed E-state index contributed by atoms with van der Waals surface area (Å²) in [7, 11) is 0. The first-order valence-electron chi connectivity index (χ1n) is 4.89. The lowest BCUT2D eigenvalue weighted by Gasteiger charge is -1.98. The summed E-state index contributed by atoms with van der Waals surface area (Å²) in [5, 5.41) is 12.9. The Hall–Kier alpha value is -1.00. The lowest BCUT2D eigenvalue weighted by Crippen LogP contribution is -1.97. The summed E-state index contributed by atoms with van der Waals surface area (Å²) >= 11 is 7.14. The van der Waals surface area contributed by atoms with Crippen LogP contribution in [0.1, 0.15) is 19.8 Å². The number of rotatable bonds is 5. The molecular weight excluding hydrogens is 246 g/mol. The van der Waals surface area contributed by atoms with Gasteiger partial charge in [0.15, 0.2) is 0 Å². The standard InChI is InChI=1S/C11H12ClNO2S/c1-2-4-10(13(14)15)8-16-11-6-3-5-9(12)7-11/h3,5-8H,2,4H2,1H3. The molecule has 0 aromatic heterocycles. The molecule has 0 heterocycles. The van der Waals surface area contributed by atoms with Gasteiger partial charge in [0.1, 0.15) is 0 Å². The zero-order valence-corrected chi connectivity index (χ0v) is 10.4. The molecule has 1 aromatic carbocycles. The normalized spacial score (nSPS) is 11.5. The largest absolute Gasteiger partial charge is 0.259 e. The Labute approximate surface area is 104 Å². The predicted molar refractivity (Wildman–Crippen MR) is 67.3 cm³/mol. The SMILES string of the molecule is CCCC(=CSc1cccc(Cl)c1)[N+](=O)[O-]. The maximum absolute atomic E-state index is 10.7. The van der Waals surface area contributed by atoms with E-state index in [0.29, 0.717) is 11.4 Å². The molecule has 0 saturated heterocycles. The van der Waals surface area contributed by atoms with E-state index in [1.54, 1.807) is 17.5 Å². The van der Waals surface area contributed by atoms with Gasteiger partial charge < -0.3 is 0 Å². The molecule has 0 bridgehead atoms. The topological polar surface area (TPSA) is 43.1 Å². The van der Waals surface area contributed by atoms with Crippen LogP contribution in [-0.2, 0) is 0 Å². The van der Waals surface area contributed by atoms with Crippen molar-refractivity contribution in [1.29, 1.82) is 0 Å². The molecule has 0 unspecified atom stereocenters. The van der Waals surface area contributed by atoms with Crippen LogP contribution in [0.3, 0.4) is 0 Å². The van der Waals surface area contributed by atoms with Crippen LogP contribution in [0.25, 0.3) is 0 Å². The fourth-order valence-corrected chi connectivity index (χ4v) is 2.21. The molecule has 3 nitrogen and oxygen atoms in total. The summed E-state index contributed by atoms with van der Waals surface area (Å²) < 4.78 is 0. The first kappa shape index (κ1) is 13.1. The number of thioether (sulfide) groups is 1. The van der Waals surface area contributed by atoms with Gasteiger partial charge in [-0.3, -0.25) is 10.1 Å². The molecule has 0 spiro atoms. The second kappa shape index (κ2) is 6.55. The van der Waals surface area contributed by atoms with E-state index in [-0.39, 0.29) is 10.6 Å². The monoisotopic (exact) mass is 257 g/mol. The van der Waals surface area contributed by atoms with Gasteiger partial charge in [0.2, 0.25) is 0 Å². The summed E-state index contributed by atoms with van der Waals surface area (Å²) in [6.07, 6.45) is 1.25. The Morgan fingerprint density at radius 3 is 2.94 bits per heavy atom. The van der Waals surface area contributed by atoms with E-state index < -0.39 is 0 Å².